The Bertz CT molecular complexity index is 386. The Morgan fingerprint density at radius 3 is 2.70 bits per heavy atom. The number of rotatable bonds is 9. The van der Waals surface area contributed by atoms with Gasteiger partial charge in [0, 0.05) is 30.7 Å². The highest BCUT2D eigenvalue weighted by Gasteiger charge is 2.15. The molecule has 0 fully saturated rings. The van der Waals surface area contributed by atoms with Crippen LogP contribution in [0.5, 0.6) is 0 Å². The molecule has 0 aliphatic rings. The molecular formula is C16H26BrNO2. The third-order valence-electron chi connectivity index (χ3n) is 3.72. The molecule has 1 aromatic rings. The summed E-state index contributed by atoms with van der Waals surface area (Å²) in [6, 6.07) is 8.39. The van der Waals surface area contributed by atoms with Gasteiger partial charge in [0.15, 0.2) is 0 Å². The van der Waals surface area contributed by atoms with E-state index < -0.39 is 6.10 Å². The molecule has 20 heavy (non-hydrogen) atoms. The van der Waals surface area contributed by atoms with Crippen LogP contribution >= 0.6 is 15.9 Å². The van der Waals surface area contributed by atoms with Crippen LogP contribution in [0.4, 0.5) is 0 Å². The normalized spacial score (nSPS) is 14.5. The van der Waals surface area contributed by atoms with Crippen molar-refractivity contribution < 1.29 is 9.84 Å². The summed E-state index contributed by atoms with van der Waals surface area (Å²) in [7, 11) is 1.73. The standard InChI is InChI=1S/C16H26BrNO2/c1-4-13(2)18(10-11-20-3)9-8-16(19)14-6-5-7-15(17)12-14/h5-7,12-13,16,19H,4,8-11H2,1-3H3. The van der Waals surface area contributed by atoms with E-state index in [0.29, 0.717) is 6.04 Å². The van der Waals surface area contributed by atoms with E-state index in [1.807, 2.05) is 24.3 Å². The molecule has 0 radical (unpaired) electrons. The highest BCUT2D eigenvalue weighted by molar-refractivity contribution is 9.10. The Hall–Kier alpha value is -0.420. The highest BCUT2D eigenvalue weighted by atomic mass is 79.9. The van der Waals surface area contributed by atoms with Crippen LogP contribution in [0, 0.1) is 0 Å². The van der Waals surface area contributed by atoms with Gasteiger partial charge >= 0.3 is 0 Å². The van der Waals surface area contributed by atoms with Crippen molar-refractivity contribution in [3.63, 3.8) is 0 Å². The van der Waals surface area contributed by atoms with Gasteiger partial charge in [0.25, 0.3) is 0 Å². The molecule has 4 heteroatoms. The molecule has 1 N–H and O–H groups in total. The number of hydrogen-bond donors (Lipinski definition) is 1. The maximum Gasteiger partial charge on any atom is 0.0802 e. The summed E-state index contributed by atoms with van der Waals surface area (Å²) in [5.41, 5.74) is 0.968. The van der Waals surface area contributed by atoms with Crippen LogP contribution in [-0.2, 0) is 4.74 Å². The van der Waals surface area contributed by atoms with Crippen LogP contribution in [0.1, 0.15) is 38.4 Å². The zero-order chi connectivity index (χ0) is 15.0. The lowest BCUT2D eigenvalue weighted by Gasteiger charge is -2.29. The Morgan fingerprint density at radius 2 is 2.10 bits per heavy atom. The summed E-state index contributed by atoms with van der Waals surface area (Å²) in [6.07, 6.45) is 1.43. The van der Waals surface area contributed by atoms with Crippen LogP contribution < -0.4 is 0 Å². The molecule has 0 aliphatic carbocycles. The predicted molar refractivity (Wildman–Crippen MR) is 86.9 cm³/mol. The summed E-state index contributed by atoms with van der Waals surface area (Å²) in [5.74, 6) is 0. The first kappa shape index (κ1) is 17.6. The van der Waals surface area contributed by atoms with Gasteiger partial charge in [-0.3, -0.25) is 4.90 Å². The van der Waals surface area contributed by atoms with Crippen LogP contribution in [0.25, 0.3) is 0 Å². The second-order valence-corrected chi connectivity index (χ2v) is 6.06. The van der Waals surface area contributed by atoms with Gasteiger partial charge in [0.05, 0.1) is 12.7 Å². The third kappa shape index (κ3) is 5.92. The molecule has 0 bridgehead atoms. The zero-order valence-electron chi connectivity index (χ0n) is 12.7. The minimum absolute atomic E-state index is 0.415. The van der Waals surface area contributed by atoms with Crippen LogP contribution in [0.3, 0.4) is 0 Å². The molecule has 114 valence electrons. The van der Waals surface area contributed by atoms with Gasteiger partial charge in [0.2, 0.25) is 0 Å². The molecule has 0 amide bonds. The summed E-state index contributed by atoms with van der Waals surface area (Å²) >= 11 is 3.44. The van der Waals surface area contributed by atoms with E-state index in [-0.39, 0.29) is 0 Å². The molecule has 2 atom stereocenters. The van der Waals surface area contributed by atoms with Crippen molar-refractivity contribution in [3.05, 3.63) is 34.3 Å². The zero-order valence-corrected chi connectivity index (χ0v) is 14.3. The second-order valence-electron chi connectivity index (χ2n) is 5.15. The Kier molecular flexibility index (Phi) is 8.38. The summed E-state index contributed by atoms with van der Waals surface area (Å²) in [5, 5.41) is 10.3. The maximum atomic E-state index is 10.3. The predicted octanol–water partition coefficient (Wildman–Crippen LogP) is 3.62. The van der Waals surface area contributed by atoms with Crippen LogP contribution in [0.2, 0.25) is 0 Å². The SMILES string of the molecule is CCC(C)N(CCOC)CCC(O)c1cccc(Br)c1. The Morgan fingerprint density at radius 1 is 1.35 bits per heavy atom. The van der Waals surface area contributed by atoms with E-state index >= 15 is 0 Å². The van der Waals surface area contributed by atoms with Crippen molar-refractivity contribution in [1.82, 2.24) is 4.90 Å². The molecule has 0 aromatic heterocycles. The van der Waals surface area contributed by atoms with Crippen LogP contribution in [0.15, 0.2) is 28.7 Å². The highest BCUT2D eigenvalue weighted by Crippen LogP contribution is 2.21. The van der Waals surface area contributed by atoms with E-state index in [9.17, 15) is 5.11 Å². The lowest BCUT2D eigenvalue weighted by atomic mass is 10.1. The molecule has 0 saturated carbocycles. The van der Waals surface area contributed by atoms with Gasteiger partial charge in [-0.15, -0.1) is 0 Å². The van der Waals surface area contributed by atoms with Gasteiger partial charge in [0.1, 0.15) is 0 Å². The van der Waals surface area contributed by atoms with Crippen molar-refractivity contribution in [3.8, 4) is 0 Å². The summed E-state index contributed by atoms with van der Waals surface area (Å²) < 4.78 is 6.17. The van der Waals surface area contributed by atoms with E-state index in [2.05, 4.69) is 34.7 Å². The monoisotopic (exact) mass is 343 g/mol. The average Bonchev–Trinajstić information content (AvgIpc) is 2.46. The maximum absolute atomic E-state index is 10.3. The summed E-state index contributed by atoms with van der Waals surface area (Å²) in [6.45, 7) is 6.94. The molecule has 0 heterocycles. The van der Waals surface area contributed by atoms with E-state index in [4.69, 9.17) is 4.74 Å². The van der Waals surface area contributed by atoms with Gasteiger partial charge in [-0.1, -0.05) is 35.0 Å². The topological polar surface area (TPSA) is 32.7 Å². The molecule has 1 rings (SSSR count). The van der Waals surface area contributed by atoms with Gasteiger partial charge in [-0.05, 0) is 37.5 Å². The van der Waals surface area contributed by atoms with E-state index in [1.54, 1.807) is 7.11 Å². The molecular weight excluding hydrogens is 318 g/mol. The minimum atomic E-state index is -0.415. The largest absolute Gasteiger partial charge is 0.388 e. The number of hydrogen-bond acceptors (Lipinski definition) is 3. The van der Waals surface area contributed by atoms with E-state index in [1.165, 1.54) is 0 Å². The number of nitrogens with zero attached hydrogens (tertiary/aromatic N) is 1. The van der Waals surface area contributed by atoms with E-state index in [0.717, 1.165) is 42.6 Å². The number of methoxy groups -OCH3 is 1. The van der Waals surface area contributed by atoms with Gasteiger partial charge < -0.3 is 9.84 Å². The fourth-order valence-electron chi connectivity index (χ4n) is 2.19. The van der Waals surface area contributed by atoms with Crippen molar-refractivity contribution in [2.75, 3.05) is 26.8 Å². The van der Waals surface area contributed by atoms with Crippen molar-refractivity contribution in [1.29, 1.82) is 0 Å². The fraction of sp³-hybridized carbons (Fsp3) is 0.625. The Balaban J connectivity index is 2.53. The lowest BCUT2D eigenvalue weighted by Crippen LogP contribution is -2.36. The van der Waals surface area contributed by atoms with Crippen molar-refractivity contribution in [2.24, 2.45) is 0 Å². The first-order valence-corrected chi connectivity index (χ1v) is 8.04. The average molecular weight is 344 g/mol. The third-order valence-corrected chi connectivity index (χ3v) is 4.21. The number of benzene rings is 1. The fourth-order valence-corrected chi connectivity index (χ4v) is 2.60. The first-order chi connectivity index (χ1) is 9.58. The van der Waals surface area contributed by atoms with Crippen LogP contribution in [-0.4, -0.2) is 42.9 Å². The molecule has 2 unspecified atom stereocenters. The van der Waals surface area contributed by atoms with Gasteiger partial charge in [-0.25, -0.2) is 0 Å². The number of ether oxygens (including phenoxy) is 1. The first-order valence-electron chi connectivity index (χ1n) is 7.25. The Labute approximate surface area is 131 Å². The lowest BCUT2D eigenvalue weighted by molar-refractivity contribution is 0.0966. The second kappa shape index (κ2) is 9.50. The van der Waals surface area contributed by atoms with Gasteiger partial charge in [-0.2, -0.15) is 0 Å². The molecule has 0 spiro atoms. The molecule has 0 saturated heterocycles. The van der Waals surface area contributed by atoms with Crippen molar-refractivity contribution >= 4 is 15.9 Å². The van der Waals surface area contributed by atoms with Crippen molar-refractivity contribution in [2.45, 2.75) is 38.8 Å². The number of halogens is 1. The number of aliphatic hydroxyl groups excluding tert-OH is 1. The summed E-state index contributed by atoms with van der Waals surface area (Å²) in [4.78, 5) is 2.38. The molecule has 1 aromatic carbocycles. The molecule has 3 nitrogen and oxygen atoms in total. The smallest absolute Gasteiger partial charge is 0.0802 e. The number of aliphatic hydroxyl groups is 1. The quantitative estimate of drug-likeness (QED) is 0.743. The molecule has 0 aliphatic heterocycles. The minimum Gasteiger partial charge on any atom is -0.388 e.